The molecule has 1 aliphatic rings. The van der Waals surface area contributed by atoms with Gasteiger partial charge in [-0.15, -0.1) is 11.3 Å². The zero-order valence-corrected chi connectivity index (χ0v) is 11.9. The molecule has 0 fully saturated rings. The number of methoxy groups -OCH3 is 1. The molecule has 1 heterocycles. The van der Waals surface area contributed by atoms with Crippen molar-refractivity contribution in [2.24, 2.45) is 0 Å². The van der Waals surface area contributed by atoms with E-state index in [1.54, 1.807) is 18.4 Å². The number of thiophene rings is 1. The second-order valence-electron chi connectivity index (χ2n) is 4.95. The first-order valence-corrected chi connectivity index (χ1v) is 7.43. The molecule has 0 spiro atoms. The molecule has 0 radical (unpaired) electrons. The van der Waals surface area contributed by atoms with E-state index in [-0.39, 0.29) is 11.9 Å². The molecule has 0 bridgehead atoms. The van der Waals surface area contributed by atoms with Crippen LogP contribution in [-0.4, -0.2) is 25.7 Å². The maximum absolute atomic E-state index is 12.1. The van der Waals surface area contributed by atoms with Crippen molar-refractivity contribution in [2.45, 2.75) is 45.1 Å². The molecular formula is C14H21NO2S. The van der Waals surface area contributed by atoms with E-state index in [4.69, 9.17) is 4.74 Å². The van der Waals surface area contributed by atoms with Gasteiger partial charge in [0.2, 0.25) is 0 Å². The van der Waals surface area contributed by atoms with E-state index in [1.807, 2.05) is 6.92 Å². The Labute approximate surface area is 113 Å². The average Bonchev–Trinajstić information content (AvgIpc) is 2.61. The summed E-state index contributed by atoms with van der Waals surface area (Å²) in [4.78, 5) is 14.3. The number of aryl methyl sites for hydroxylation is 2. The lowest BCUT2D eigenvalue weighted by atomic mass is 10.1. The van der Waals surface area contributed by atoms with Crippen molar-refractivity contribution in [1.29, 1.82) is 0 Å². The highest BCUT2D eigenvalue weighted by atomic mass is 32.1. The number of rotatable bonds is 4. The number of hydrogen-bond acceptors (Lipinski definition) is 3. The zero-order valence-electron chi connectivity index (χ0n) is 11.1. The predicted octanol–water partition coefficient (Wildman–Crippen LogP) is 2.78. The van der Waals surface area contributed by atoms with E-state index < -0.39 is 0 Å². The van der Waals surface area contributed by atoms with E-state index in [0.717, 1.165) is 17.7 Å². The van der Waals surface area contributed by atoms with Crippen molar-refractivity contribution in [3.8, 4) is 0 Å². The summed E-state index contributed by atoms with van der Waals surface area (Å²) >= 11 is 1.66. The topological polar surface area (TPSA) is 38.3 Å². The fraction of sp³-hybridized carbons (Fsp3) is 0.643. The summed E-state index contributed by atoms with van der Waals surface area (Å²) < 4.78 is 5.03. The van der Waals surface area contributed by atoms with Gasteiger partial charge in [-0.3, -0.25) is 4.79 Å². The Hall–Kier alpha value is -0.870. The minimum Gasteiger partial charge on any atom is -0.383 e. The summed E-state index contributed by atoms with van der Waals surface area (Å²) in [6, 6.07) is 2.14. The minimum absolute atomic E-state index is 0.0395. The molecule has 2 rings (SSSR count). The summed E-state index contributed by atoms with van der Waals surface area (Å²) in [6.07, 6.45) is 6.10. The van der Waals surface area contributed by atoms with E-state index >= 15 is 0 Å². The minimum atomic E-state index is 0.0395. The molecule has 0 unspecified atom stereocenters. The van der Waals surface area contributed by atoms with E-state index in [9.17, 15) is 4.79 Å². The number of carbonyl (C=O) groups is 1. The SMILES string of the molecule is COC[C@@H](C)NC(=O)c1cc2c(s1)CCCCC2. The second-order valence-corrected chi connectivity index (χ2v) is 6.09. The quantitative estimate of drug-likeness (QED) is 0.852. The zero-order chi connectivity index (χ0) is 13.0. The molecule has 0 aromatic carbocycles. The van der Waals surface area contributed by atoms with Crippen LogP contribution in [0.25, 0.3) is 0 Å². The van der Waals surface area contributed by atoms with Crippen LogP contribution in [0.3, 0.4) is 0 Å². The first-order chi connectivity index (χ1) is 8.70. The molecule has 0 saturated heterocycles. The third-order valence-corrected chi connectivity index (χ3v) is 4.50. The number of fused-ring (bicyclic) bond motifs is 1. The van der Waals surface area contributed by atoms with Gasteiger partial charge >= 0.3 is 0 Å². The van der Waals surface area contributed by atoms with E-state index in [0.29, 0.717) is 6.61 Å². The number of carbonyl (C=O) groups excluding carboxylic acids is 1. The predicted molar refractivity (Wildman–Crippen MR) is 74.4 cm³/mol. The van der Waals surface area contributed by atoms with Gasteiger partial charge in [0.15, 0.2) is 0 Å². The summed E-state index contributed by atoms with van der Waals surface area (Å²) in [5.74, 6) is 0.0395. The van der Waals surface area contributed by atoms with Gasteiger partial charge in [-0.05, 0) is 44.2 Å². The summed E-state index contributed by atoms with van der Waals surface area (Å²) in [6.45, 7) is 2.51. The lowest BCUT2D eigenvalue weighted by molar-refractivity contribution is 0.0909. The molecular weight excluding hydrogens is 246 g/mol. The standard InChI is InChI=1S/C14H21NO2S/c1-10(9-17-2)15-14(16)13-8-11-6-4-3-5-7-12(11)18-13/h8,10H,3-7,9H2,1-2H3,(H,15,16)/t10-/m1/s1. The molecule has 1 atom stereocenters. The van der Waals surface area contributed by atoms with Crippen LogP contribution in [0, 0.1) is 0 Å². The Balaban J connectivity index is 2.02. The van der Waals surface area contributed by atoms with Crippen molar-refractivity contribution in [3.63, 3.8) is 0 Å². The van der Waals surface area contributed by atoms with Crippen molar-refractivity contribution in [2.75, 3.05) is 13.7 Å². The number of amides is 1. The van der Waals surface area contributed by atoms with Crippen LogP contribution in [0.15, 0.2) is 6.07 Å². The molecule has 1 amide bonds. The van der Waals surface area contributed by atoms with Crippen LogP contribution in [0.1, 0.15) is 46.3 Å². The van der Waals surface area contributed by atoms with E-state index in [1.165, 1.54) is 29.7 Å². The molecule has 0 aliphatic heterocycles. The van der Waals surface area contributed by atoms with Gasteiger partial charge in [-0.25, -0.2) is 0 Å². The van der Waals surface area contributed by atoms with Gasteiger partial charge < -0.3 is 10.1 Å². The Morgan fingerprint density at radius 3 is 3.00 bits per heavy atom. The van der Waals surface area contributed by atoms with Crippen LogP contribution in [-0.2, 0) is 17.6 Å². The highest BCUT2D eigenvalue weighted by Gasteiger charge is 2.17. The molecule has 1 aromatic heterocycles. The lowest BCUT2D eigenvalue weighted by Crippen LogP contribution is -2.35. The third kappa shape index (κ3) is 3.33. The summed E-state index contributed by atoms with van der Waals surface area (Å²) in [5, 5.41) is 2.97. The largest absolute Gasteiger partial charge is 0.383 e. The van der Waals surface area contributed by atoms with Crippen LogP contribution >= 0.6 is 11.3 Å². The Bertz CT molecular complexity index is 390. The average molecular weight is 267 g/mol. The van der Waals surface area contributed by atoms with Gasteiger partial charge in [-0.1, -0.05) is 6.42 Å². The number of ether oxygens (including phenoxy) is 1. The lowest BCUT2D eigenvalue weighted by Gasteiger charge is -2.11. The second kappa shape index (κ2) is 6.34. The maximum Gasteiger partial charge on any atom is 0.261 e. The Morgan fingerprint density at radius 1 is 1.44 bits per heavy atom. The van der Waals surface area contributed by atoms with Gasteiger partial charge in [0.1, 0.15) is 0 Å². The van der Waals surface area contributed by atoms with Gasteiger partial charge in [0.05, 0.1) is 11.5 Å². The van der Waals surface area contributed by atoms with Crippen molar-refractivity contribution < 1.29 is 9.53 Å². The first-order valence-electron chi connectivity index (χ1n) is 6.62. The summed E-state index contributed by atoms with van der Waals surface area (Å²) in [7, 11) is 1.65. The molecule has 1 aromatic rings. The monoisotopic (exact) mass is 267 g/mol. The molecule has 100 valence electrons. The van der Waals surface area contributed by atoms with Crippen LogP contribution in [0.4, 0.5) is 0 Å². The Kier molecular flexibility index (Phi) is 4.78. The fourth-order valence-corrected chi connectivity index (χ4v) is 3.52. The number of hydrogen-bond donors (Lipinski definition) is 1. The molecule has 18 heavy (non-hydrogen) atoms. The van der Waals surface area contributed by atoms with E-state index in [2.05, 4.69) is 11.4 Å². The number of nitrogens with one attached hydrogen (secondary N) is 1. The molecule has 0 saturated carbocycles. The van der Waals surface area contributed by atoms with Gasteiger partial charge in [0.25, 0.3) is 5.91 Å². The van der Waals surface area contributed by atoms with Gasteiger partial charge in [0, 0.05) is 18.0 Å². The van der Waals surface area contributed by atoms with Crippen LogP contribution in [0.5, 0.6) is 0 Å². The van der Waals surface area contributed by atoms with Crippen LogP contribution in [0.2, 0.25) is 0 Å². The van der Waals surface area contributed by atoms with Gasteiger partial charge in [-0.2, -0.15) is 0 Å². The fourth-order valence-electron chi connectivity index (χ4n) is 2.37. The van der Waals surface area contributed by atoms with Crippen molar-refractivity contribution in [1.82, 2.24) is 5.32 Å². The highest BCUT2D eigenvalue weighted by Crippen LogP contribution is 2.28. The normalized spacial score (nSPS) is 16.8. The molecule has 4 heteroatoms. The van der Waals surface area contributed by atoms with Crippen LogP contribution < -0.4 is 5.32 Å². The Morgan fingerprint density at radius 2 is 2.22 bits per heavy atom. The highest BCUT2D eigenvalue weighted by molar-refractivity contribution is 7.14. The summed E-state index contributed by atoms with van der Waals surface area (Å²) in [5.41, 5.74) is 1.39. The van der Waals surface area contributed by atoms with Crippen molar-refractivity contribution in [3.05, 3.63) is 21.4 Å². The molecule has 3 nitrogen and oxygen atoms in total. The maximum atomic E-state index is 12.1. The molecule has 1 aliphatic carbocycles. The smallest absolute Gasteiger partial charge is 0.261 e. The molecule has 1 N–H and O–H groups in total. The van der Waals surface area contributed by atoms with Crippen molar-refractivity contribution >= 4 is 17.2 Å². The third-order valence-electron chi connectivity index (χ3n) is 3.26. The first kappa shape index (κ1) is 13.6.